The number of halogens is 3. The fourth-order valence-corrected chi connectivity index (χ4v) is 4.57. The lowest BCUT2D eigenvalue weighted by Gasteiger charge is -2.19. The van der Waals surface area contributed by atoms with Crippen molar-refractivity contribution in [3.05, 3.63) is 102 Å². The Kier molecular flexibility index (Phi) is 6.30. The highest BCUT2D eigenvalue weighted by Crippen LogP contribution is 2.32. The summed E-state index contributed by atoms with van der Waals surface area (Å²) in [5.74, 6) is 0. The van der Waals surface area contributed by atoms with Crippen molar-refractivity contribution >= 4 is 10.0 Å². The van der Waals surface area contributed by atoms with E-state index in [9.17, 15) is 21.6 Å². The van der Waals surface area contributed by atoms with E-state index in [4.69, 9.17) is 0 Å². The number of alkyl halides is 3. The molecule has 0 spiro atoms. The summed E-state index contributed by atoms with van der Waals surface area (Å²) in [4.78, 5) is 1.38. The van der Waals surface area contributed by atoms with Crippen LogP contribution in [-0.4, -0.2) is 23.4 Å². The summed E-state index contributed by atoms with van der Waals surface area (Å²) in [5.41, 5.74) is 0.782. The Balaban J connectivity index is 1.59. The van der Waals surface area contributed by atoms with Crippen LogP contribution >= 0.6 is 0 Å². The van der Waals surface area contributed by atoms with Crippen LogP contribution < -0.4 is 4.72 Å². The number of benzene rings is 3. The molecule has 1 unspecified atom stereocenters. The SMILES string of the molecule is O=S(=O)(NC(Cn1nccn1)c1ccccc1)c1ccc(-c2cccc(C(F)(F)F)c2)cc1. The highest BCUT2D eigenvalue weighted by Gasteiger charge is 2.30. The number of rotatable bonds is 7. The normalized spacial score (nSPS) is 13.1. The zero-order valence-corrected chi connectivity index (χ0v) is 18.0. The summed E-state index contributed by atoms with van der Waals surface area (Å²) in [6.45, 7) is 0.179. The molecule has 0 radical (unpaired) electrons. The third kappa shape index (κ3) is 5.47. The molecule has 1 N–H and O–H groups in total. The van der Waals surface area contributed by atoms with Crippen LogP contribution in [0.15, 0.2) is 96.2 Å². The summed E-state index contributed by atoms with van der Waals surface area (Å²) in [7, 11) is -3.94. The van der Waals surface area contributed by atoms with E-state index in [0.717, 1.165) is 17.7 Å². The Morgan fingerprint density at radius 1 is 0.848 bits per heavy atom. The molecule has 10 heteroatoms. The zero-order chi connectivity index (χ0) is 23.5. The minimum atomic E-state index is -4.46. The molecule has 4 aromatic rings. The molecule has 0 aliphatic carbocycles. The smallest absolute Gasteiger partial charge is 0.207 e. The van der Waals surface area contributed by atoms with Crippen LogP contribution in [0.3, 0.4) is 0 Å². The van der Waals surface area contributed by atoms with Gasteiger partial charge in [-0.1, -0.05) is 54.6 Å². The Hall–Kier alpha value is -3.50. The van der Waals surface area contributed by atoms with E-state index in [1.165, 1.54) is 47.5 Å². The Morgan fingerprint density at radius 3 is 2.15 bits per heavy atom. The monoisotopic (exact) mass is 472 g/mol. The van der Waals surface area contributed by atoms with Crippen molar-refractivity contribution in [3.8, 4) is 11.1 Å². The molecule has 4 rings (SSSR count). The fraction of sp³-hybridized carbons (Fsp3) is 0.130. The Morgan fingerprint density at radius 2 is 1.52 bits per heavy atom. The molecule has 0 saturated heterocycles. The van der Waals surface area contributed by atoms with Gasteiger partial charge in [-0.3, -0.25) is 0 Å². The van der Waals surface area contributed by atoms with Gasteiger partial charge in [-0.05, 0) is 41.0 Å². The second-order valence-electron chi connectivity index (χ2n) is 7.27. The molecular weight excluding hydrogens is 453 g/mol. The van der Waals surface area contributed by atoms with E-state index in [1.54, 1.807) is 30.3 Å². The number of sulfonamides is 1. The largest absolute Gasteiger partial charge is 0.416 e. The Bertz CT molecular complexity index is 1310. The lowest BCUT2D eigenvalue weighted by Crippen LogP contribution is -2.32. The van der Waals surface area contributed by atoms with Crippen LogP contribution in [0.4, 0.5) is 13.2 Å². The fourth-order valence-electron chi connectivity index (χ4n) is 3.35. The first-order valence-electron chi connectivity index (χ1n) is 9.91. The average molecular weight is 472 g/mol. The van der Waals surface area contributed by atoms with Crippen LogP contribution in [0.5, 0.6) is 0 Å². The molecule has 0 amide bonds. The van der Waals surface area contributed by atoms with Crippen molar-refractivity contribution in [1.82, 2.24) is 19.7 Å². The molecule has 6 nitrogen and oxygen atoms in total. The predicted molar refractivity (Wildman–Crippen MR) is 116 cm³/mol. The standard InChI is InChI=1S/C23H19F3N4O2S/c24-23(25,26)20-8-4-7-19(15-20)17-9-11-21(12-10-17)33(31,32)29-22(16-30-27-13-14-28-30)18-5-2-1-3-6-18/h1-15,22,29H,16H2. The molecular formula is C23H19F3N4O2S. The van der Waals surface area contributed by atoms with E-state index < -0.39 is 27.8 Å². The van der Waals surface area contributed by atoms with E-state index in [-0.39, 0.29) is 11.4 Å². The molecule has 1 atom stereocenters. The van der Waals surface area contributed by atoms with Gasteiger partial charge in [-0.2, -0.15) is 28.2 Å². The maximum atomic E-state index is 13.1. The van der Waals surface area contributed by atoms with Gasteiger partial charge in [0.05, 0.1) is 35.4 Å². The molecule has 170 valence electrons. The van der Waals surface area contributed by atoms with Crippen LogP contribution in [0, 0.1) is 0 Å². The van der Waals surface area contributed by atoms with Crippen LogP contribution in [0.2, 0.25) is 0 Å². The lowest BCUT2D eigenvalue weighted by molar-refractivity contribution is -0.137. The van der Waals surface area contributed by atoms with Crippen molar-refractivity contribution in [2.45, 2.75) is 23.7 Å². The number of nitrogens with zero attached hydrogens (tertiary/aromatic N) is 3. The van der Waals surface area contributed by atoms with Gasteiger partial charge < -0.3 is 0 Å². The van der Waals surface area contributed by atoms with E-state index in [1.807, 2.05) is 6.07 Å². The maximum absolute atomic E-state index is 13.1. The minimum Gasteiger partial charge on any atom is -0.207 e. The Labute approximate surface area is 188 Å². The number of aromatic nitrogens is 3. The second kappa shape index (κ2) is 9.16. The summed E-state index contributed by atoms with van der Waals surface area (Å²) < 4.78 is 67.8. The molecule has 0 fully saturated rings. The second-order valence-corrected chi connectivity index (χ2v) is 8.99. The van der Waals surface area contributed by atoms with Crippen LogP contribution in [0.1, 0.15) is 17.2 Å². The molecule has 1 heterocycles. The molecule has 3 aromatic carbocycles. The summed E-state index contributed by atoms with van der Waals surface area (Å²) in [6.07, 6.45) is -1.45. The molecule has 1 aromatic heterocycles. The van der Waals surface area contributed by atoms with Crippen molar-refractivity contribution in [1.29, 1.82) is 0 Å². The molecule has 33 heavy (non-hydrogen) atoms. The first-order chi connectivity index (χ1) is 15.7. The van der Waals surface area contributed by atoms with Gasteiger partial charge in [0.25, 0.3) is 0 Å². The van der Waals surface area contributed by atoms with Gasteiger partial charge in [0.15, 0.2) is 0 Å². The summed E-state index contributed by atoms with van der Waals surface area (Å²) in [6, 6.07) is 19.0. The van der Waals surface area contributed by atoms with E-state index in [0.29, 0.717) is 11.1 Å². The molecule has 0 aliphatic heterocycles. The van der Waals surface area contributed by atoms with Crippen molar-refractivity contribution in [2.75, 3.05) is 0 Å². The first-order valence-corrected chi connectivity index (χ1v) is 11.4. The van der Waals surface area contributed by atoms with Gasteiger partial charge in [0, 0.05) is 0 Å². The van der Waals surface area contributed by atoms with Crippen molar-refractivity contribution in [2.24, 2.45) is 0 Å². The van der Waals surface area contributed by atoms with Crippen molar-refractivity contribution < 1.29 is 21.6 Å². The first kappa shape index (κ1) is 22.7. The van der Waals surface area contributed by atoms with Gasteiger partial charge in [0.2, 0.25) is 10.0 Å². The maximum Gasteiger partial charge on any atom is 0.416 e. The van der Waals surface area contributed by atoms with Crippen molar-refractivity contribution in [3.63, 3.8) is 0 Å². The summed E-state index contributed by atoms with van der Waals surface area (Å²) >= 11 is 0. The van der Waals surface area contributed by atoms with E-state index in [2.05, 4.69) is 14.9 Å². The predicted octanol–water partition coefficient (Wildman–Crippen LogP) is 4.68. The third-order valence-corrected chi connectivity index (χ3v) is 6.49. The topological polar surface area (TPSA) is 76.9 Å². The lowest BCUT2D eigenvalue weighted by atomic mass is 10.0. The van der Waals surface area contributed by atoms with Gasteiger partial charge in [0.1, 0.15) is 0 Å². The van der Waals surface area contributed by atoms with Gasteiger partial charge in [-0.25, -0.2) is 13.1 Å². The third-order valence-electron chi connectivity index (χ3n) is 5.00. The minimum absolute atomic E-state index is 0.00687. The molecule has 0 bridgehead atoms. The highest BCUT2D eigenvalue weighted by atomic mass is 32.2. The molecule has 0 aliphatic rings. The number of hydrogen-bond donors (Lipinski definition) is 1. The highest BCUT2D eigenvalue weighted by molar-refractivity contribution is 7.89. The molecule has 0 saturated carbocycles. The van der Waals surface area contributed by atoms with Crippen LogP contribution in [-0.2, 0) is 22.7 Å². The van der Waals surface area contributed by atoms with Gasteiger partial charge >= 0.3 is 6.18 Å². The average Bonchev–Trinajstić information content (AvgIpc) is 3.32. The number of nitrogens with one attached hydrogen (secondary N) is 1. The summed E-state index contributed by atoms with van der Waals surface area (Å²) in [5, 5.41) is 8.09. The zero-order valence-electron chi connectivity index (χ0n) is 17.1. The quantitative estimate of drug-likeness (QED) is 0.424. The van der Waals surface area contributed by atoms with Gasteiger partial charge in [-0.15, -0.1) is 0 Å². The number of hydrogen-bond acceptors (Lipinski definition) is 4. The van der Waals surface area contributed by atoms with E-state index >= 15 is 0 Å². The van der Waals surface area contributed by atoms with Crippen LogP contribution in [0.25, 0.3) is 11.1 Å².